The average Bonchev–Trinajstić information content (AvgIpc) is 3.06. The van der Waals surface area contributed by atoms with Crippen molar-refractivity contribution in [1.29, 1.82) is 0 Å². The smallest absolute Gasteiger partial charge is 0.112 e. The first-order valence-corrected chi connectivity index (χ1v) is 6.89. The SMILES string of the molecule is OC1(C2NCc3ccccc32)CCCc2occc21. The van der Waals surface area contributed by atoms with E-state index >= 15 is 0 Å². The van der Waals surface area contributed by atoms with Gasteiger partial charge in [-0.05, 0) is 30.0 Å². The van der Waals surface area contributed by atoms with E-state index in [1.165, 1.54) is 11.1 Å². The minimum Gasteiger partial charge on any atom is -0.469 e. The zero-order valence-corrected chi connectivity index (χ0v) is 10.7. The molecule has 2 N–H and O–H groups in total. The second-order valence-electron chi connectivity index (χ2n) is 5.55. The Balaban J connectivity index is 1.83. The lowest BCUT2D eigenvalue weighted by Gasteiger charge is -2.37. The van der Waals surface area contributed by atoms with E-state index in [4.69, 9.17) is 4.42 Å². The molecule has 19 heavy (non-hydrogen) atoms. The fraction of sp³-hybridized carbons (Fsp3) is 0.375. The molecule has 2 heterocycles. The van der Waals surface area contributed by atoms with Gasteiger partial charge in [-0.15, -0.1) is 0 Å². The van der Waals surface area contributed by atoms with Crippen molar-refractivity contribution < 1.29 is 9.52 Å². The molecule has 2 unspecified atom stereocenters. The molecule has 1 aliphatic carbocycles. The molecule has 3 heteroatoms. The van der Waals surface area contributed by atoms with Gasteiger partial charge in [-0.2, -0.15) is 0 Å². The Morgan fingerprint density at radius 1 is 1.26 bits per heavy atom. The summed E-state index contributed by atoms with van der Waals surface area (Å²) >= 11 is 0. The Hall–Kier alpha value is -1.58. The van der Waals surface area contributed by atoms with Crippen LogP contribution in [0.4, 0.5) is 0 Å². The molecule has 0 amide bonds. The molecule has 3 nitrogen and oxygen atoms in total. The Bertz CT molecular complexity index is 619. The highest BCUT2D eigenvalue weighted by Gasteiger charge is 2.45. The highest BCUT2D eigenvalue weighted by atomic mass is 16.3. The monoisotopic (exact) mass is 255 g/mol. The molecule has 1 aromatic carbocycles. The summed E-state index contributed by atoms with van der Waals surface area (Å²) in [5.74, 6) is 0.944. The van der Waals surface area contributed by atoms with E-state index in [-0.39, 0.29) is 6.04 Å². The second kappa shape index (κ2) is 3.95. The molecule has 0 saturated heterocycles. The van der Waals surface area contributed by atoms with Crippen LogP contribution < -0.4 is 5.32 Å². The quantitative estimate of drug-likeness (QED) is 0.823. The van der Waals surface area contributed by atoms with Crippen LogP contribution in [-0.4, -0.2) is 5.11 Å². The number of nitrogens with one attached hydrogen (secondary N) is 1. The number of benzene rings is 1. The minimum atomic E-state index is -0.840. The molecule has 2 aliphatic rings. The third-order valence-corrected chi connectivity index (χ3v) is 4.51. The largest absolute Gasteiger partial charge is 0.469 e. The zero-order valence-electron chi connectivity index (χ0n) is 10.7. The molecule has 1 aliphatic heterocycles. The average molecular weight is 255 g/mol. The number of hydrogen-bond donors (Lipinski definition) is 2. The molecule has 0 saturated carbocycles. The van der Waals surface area contributed by atoms with Crippen LogP contribution in [0.2, 0.25) is 0 Å². The van der Waals surface area contributed by atoms with Gasteiger partial charge in [-0.25, -0.2) is 0 Å². The number of hydrogen-bond acceptors (Lipinski definition) is 3. The molecule has 0 fully saturated rings. The molecule has 1 aromatic heterocycles. The summed E-state index contributed by atoms with van der Waals surface area (Å²) < 4.78 is 5.51. The van der Waals surface area contributed by atoms with E-state index in [9.17, 15) is 5.11 Å². The van der Waals surface area contributed by atoms with Crippen molar-refractivity contribution in [3.8, 4) is 0 Å². The topological polar surface area (TPSA) is 45.4 Å². The van der Waals surface area contributed by atoms with E-state index in [2.05, 4.69) is 23.5 Å². The normalized spacial score (nSPS) is 29.0. The first kappa shape index (κ1) is 11.3. The van der Waals surface area contributed by atoms with Gasteiger partial charge in [0.2, 0.25) is 0 Å². The Morgan fingerprint density at radius 2 is 2.16 bits per heavy atom. The van der Waals surface area contributed by atoms with Gasteiger partial charge in [0.05, 0.1) is 12.3 Å². The van der Waals surface area contributed by atoms with Gasteiger partial charge in [-0.1, -0.05) is 24.3 Å². The van der Waals surface area contributed by atoms with Crippen molar-refractivity contribution in [2.75, 3.05) is 0 Å². The minimum absolute atomic E-state index is 0.0275. The first-order valence-electron chi connectivity index (χ1n) is 6.89. The van der Waals surface area contributed by atoms with Crippen molar-refractivity contribution in [1.82, 2.24) is 5.32 Å². The highest BCUT2D eigenvalue weighted by Crippen LogP contribution is 2.47. The Kier molecular flexibility index (Phi) is 2.34. The lowest BCUT2D eigenvalue weighted by Crippen LogP contribution is -2.40. The summed E-state index contributed by atoms with van der Waals surface area (Å²) in [6, 6.07) is 10.2. The zero-order chi connectivity index (χ0) is 12.9. The van der Waals surface area contributed by atoms with Crippen LogP contribution >= 0.6 is 0 Å². The molecule has 2 atom stereocenters. The van der Waals surface area contributed by atoms with Crippen molar-refractivity contribution in [2.24, 2.45) is 0 Å². The van der Waals surface area contributed by atoms with Crippen LogP contribution in [0, 0.1) is 0 Å². The van der Waals surface area contributed by atoms with Crippen molar-refractivity contribution in [2.45, 2.75) is 37.5 Å². The number of aryl methyl sites for hydroxylation is 1. The van der Waals surface area contributed by atoms with Crippen LogP contribution in [0.3, 0.4) is 0 Å². The van der Waals surface area contributed by atoms with E-state index in [1.807, 2.05) is 12.1 Å². The molecule has 0 bridgehead atoms. The lowest BCUT2D eigenvalue weighted by atomic mass is 9.76. The maximum absolute atomic E-state index is 11.2. The van der Waals surface area contributed by atoms with E-state index in [0.29, 0.717) is 0 Å². The van der Waals surface area contributed by atoms with Crippen molar-refractivity contribution in [3.05, 3.63) is 59.0 Å². The molecular weight excluding hydrogens is 238 g/mol. The Morgan fingerprint density at radius 3 is 3.11 bits per heavy atom. The number of rotatable bonds is 1. The van der Waals surface area contributed by atoms with E-state index in [0.717, 1.165) is 37.1 Å². The highest BCUT2D eigenvalue weighted by molar-refractivity contribution is 5.40. The van der Waals surface area contributed by atoms with Crippen LogP contribution in [0.15, 0.2) is 41.0 Å². The van der Waals surface area contributed by atoms with Crippen molar-refractivity contribution in [3.63, 3.8) is 0 Å². The number of furan rings is 1. The molecule has 4 rings (SSSR count). The second-order valence-corrected chi connectivity index (χ2v) is 5.55. The molecular formula is C16H17NO2. The summed E-state index contributed by atoms with van der Waals surface area (Å²) in [5, 5.41) is 14.7. The third-order valence-electron chi connectivity index (χ3n) is 4.51. The Labute approximate surface area is 112 Å². The summed E-state index contributed by atoms with van der Waals surface area (Å²) in [5.41, 5.74) is 2.64. The predicted octanol–water partition coefficient (Wildman–Crippen LogP) is 2.65. The predicted molar refractivity (Wildman–Crippen MR) is 71.6 cm³/mol. The van der Waals surface area contributed by atoms with Gasteiger partial charge in [-0.3, -0.25) is 0 Å². The van der Waals surface area contributed by atoms with Crippen LogP contribution in [-0.2, 0) is 18.6 Å². The van der Waals surface area contributed by atoms with Gasteiger partial charge in [0.25, 0.3) is 0 Å². The van der Waals surface area contributed by atoms with Gasteiger partial charge >= 0.3 is 0 Å². The number of fused-ring (bicyclic) bond motifs is 2. The molecule has 98 valence electrons. The van der Waals surface area contributed by atoms with Gasteiger partial charge in [0, 0.05) is 18.5 Å². The van der Waals surface area contributed by atoms with E-state index in [1.54, 1.807) is 6.26 Å². The number of aliphatic hydroxyl groups is 1. The fourth-order valence-electron chi connectivity index (χ4n) is 3.60. The van der Waals surface area contributed by atoms with Crippen LogP contribution in [0.25, 0.3) is 0 Å². The summed E-state index contributed by atoms with van der Waals surface area (Å²) in [4.78, 5) is 0. The molecule has 2 aromatic rings. The van der Waals surface area contributed by atoms with E-state index < -0.39 is 5.60 Å². The fourth-order valence-corrected chi connectivity index (χ4v) is 3.60. The maximum atomic E-state index is 11.2. The van der Waals surface area contributed by atoms with Gasteiger partial charge in [0.1, 0.15) is 11.4 Å². The van der Waals surface area contributed by atoms with Crippen molar-refractivity contribution >= 4 is 0 Å². The van der Waals surface area contributed by atoms with Gasteiger partial charge < -0.3 is 14.8 Å². The standard InChI is InChI=1S/C16H17NO2/c18-16(8-3-6-14-13(16)7-9-19-14)15-12-5-2-1-4-11(12)10-17-15/h1-2,4-5,7,9,15,17-18H,3,6,8,10H2. The summed E-state index contributed by atoms with van der Waals surface area (Å²) in [7, 11) is 0. The summed E-state index contributed by atoms with van der Waals surface area (Å²) in [6.07, 6.45) is 4.38. The third kappa shape index (κ3) is 1.52. The summed E-state index contributed by atoms with van der Waals surface area (Å²) in [6.45, 7) is 0.830. The molecule has 0 radical (unpaired) electrons. The van der Waals surface area contributed by atoms with Crippen LogP contribution in [0.1, 0.15) is 41.3 Å². The lowest BCUT2D eigenvalue weighted by molar-refractivity contribution is -0.0192. The first-order chi connectivity index (χ1) is 9.29. The maximum Gasteiger partial charge on any atom is 0.112 e. The van der Waals surface area contributed by atoms with Crippen LogP contribution in [0.5, 0.6) is 0 Å². The molecule has 0 spiro atoms. The van der Waals surface area contributed by atoms with Gasteiger partial charge in [0.15, 0.2) is 0 Å².